The lowest BCUT2D eigenvalue weighted by atomic mass is 10.2. The Morgan fingerprint density at radius 2 is 1.96 bits per heavy atom. The third-order valence-corrected chi connectivity index (χ3v) is 3.56. The van der Waals surface area contributed by atoms with E-state index in [1.807, 2.05) is 0 Å². The molecule has 1 aromatic heterocycles. The minimum atomic E-state index is -0.326. The van der Waals surface area contributed by atoms with E-state index >= 15 is 0 Å². The zero-order valence-corrected chi connectivity index (χ0v) is 15.0. The summed E-state index contributed by atoms with van der Waals surface area (Å²) >= 11 is 0. The summed E-state index contributed by atoms with van der Waals surface area (Å²) in [5.41, 5.74) is 0.842. The molecule has 0 bridgehead atoms. The highest BCUT2D eigenvalue weighted by Gasteiger charge is 2.14. The van der Waals surface area contributed by atoms with Crippen LogP contribution in [0.1, 0.15) is 36.1 Å². The Bertz CT molecular complexity index is 734. The number of benzene rings is 1. The molecule has 0 spiro atoms. The molecule has 0 atom stereocenters. The van der Waals surface area contributed by atoms with E-state index in [4.69, 9.17) is 9.47 Å². The molecule has 0 fully saturated rings. The molecule has 7 heteroatoms. The number of anilines is 2. The van der Waals surface area contributed by atoms with Crippen LogP contribution in [0, 0.1) is 6.92 Å². The Labute approximate surface area is 147 Å². The van der Waals surface area contributed by atoms with E-state index in [2.05, 4.69) is 27.5 Å². The summed E-state index contributed by atoms with van der Waals surface area (Å²) in [5, 5.41) is 6.02. The molecule has 0 radical (unpaired) electrons. The molecule has 0 aliphatic carbocycles. The highest BCUT2D eigenvalue weighted by atomic mass is 16.5. The van der Waals surface area contributed by atoms with Crippen molar-refractivity contribution >= 4 is 17.4 Å². The van der Waals surface area contributed by atoms with Gasteiger partial charge < -0.3 is 20.1 Å². The summed E-state index contributed by atoms with van der Waals surface area (Å²) in [4.78, 5) is 21.1. The van der Waals surface area contributed by atoms with E-state index in [1.54, 1.807) is 38.3 Å². The largest absolute Gasteiger partial charge is 0.497 e. The molecule has 0 saturated carbocycles. The fourth-order valence-electron chi connectivity index (χ4n) is 2.26. The minimum Gasteiger partial charge on any atom is -0.497 e. The number of hydrogen-bond acceptors (Lipinski definition) is 6. The van der Waals surface area contributed by atoms with Crippen LogP contribution in [-0.4, -0.2) is 36.6 Å². The van der Waals surface area contributed by atoms with Crippen LogP contribution in [-0.2, 0) is 0 Å². The highest BCUT2D eigenvalue weighted by molar-refractivity contribution is 6.04. The van der Waals surface area contributed by atoms with Crippen molar-refractivity contribution in [3.63, 3.8) is 0 Å². The topological polar surface area (TPSA) is 85.4 Å². The van der Waals surface area contributed by atoms with Gasteiger partial charge in [0.15, 0.2) is 0 Å². The van der Waals surface area contributed by atoms with Crippen molar-refractivity contribution < 1.29 is 14.3 Å². The van der Waals surface area contributed by atoms with Gasteiger partial charge in [-0.05, 0) is 25.5 Å². The fourth-order valence-corrected chi connectivity index (χ4v) is 2.26. The average Bonchev–Trinajstić information content (AvgIpc) is 2.61. The smallest absolute Gasteiger partial charge is 0.274 e. The van der Waals surface area contributed by atoms with Gasteiger partial charge in [-0.15, -0.1) is 0 Å². The van der Waals surface area contributed by atoms with Gasteiger partial charge >= 0.3 is 0 Å². The molecular formula is C18H24N4O3. The second kappa shape index (κ2) is 8.86. The molecule has 0 aliphatic rings. The quantitative estimate of drug-likeness (QED) is 0.715. The van der Waals surface area contributed by atoms with Crippen molar-refractivity contribution in [2.75, 3.05) is 31.4 Å². The van der Waals surface area contributed by atoms with Crippen molar-refractivity contribution in [1.29, 1.82) is 0 Å². The van der Waals surface area contributed by atoms with Crippen molar-refractivity contribution in [1.82, 2.24) is 9.97 Å². The van der Waals surface area contributed by atoms with Gasteiger partial charge in [-0.2, -0.15) is 0 Å². The summed E-state index contributed by atoms with van der Waals surface area (Å²) in [5.74, 6) is 2.02. The lowest BCUT2D eigenvalue weighted by Crippen LogP contribution is -2.16. The Kier molecular flexibility index (Phi) is 6.56. The van der Waals surface area contributed by atoms with Crippen molar-refractivity contribution in [3.05, 3.63) is 35.8 Å². The van der Waals surface area contributed by atoms with Crippen LogP contribution in [0.25, 0.3) is 0 Å². The van der Waals surface area contributed by atoms with Gasteiger partial charge in [0.25, 0.3) is 5.91 Å². The molecule has 1 amide bonds. The first-order valence-corrected chi connectivity index (χ1v) is 8.20. The van der Waals surface area contributed by atoms with Gasteiger partial charge in [-0.25, -0.2) is 9.97 Å². The SMILES string of the molecule is CCCCNc1cc(C(=O)Nc2ccc(OC)cc2OC)nc(C)n1. The van der Waals surface area contributed by atoms with Gasteiger partial charge in [0.1, 0.15) is 28.8 Å². The lowest BCUT2D eigenvalue weighted by Gasteiger charge is -2.12. The maximum atomic E-state index is 12.6. The van der Waals surface area contributed by atoms with Gasteiger partial charge in [0, 0.05) is 18.7 Å². The molecule has 0 saturated heterocycles. The number of carbonyl (C=O) groups is 1. The number of hydrogen-bond donors (Lipinski definition) is 2. The zero-order chi connectivity index (χ0) is 18.2. The van der Waals surface area contributed by atoms with Gasteiger partial charge in [-0.3, -0.25) is 4.79 Å². The number of aromatic nitrogens is 2. The number of nitrogens with one attached hydrogen (secondary N) is 2. The summed E-state index contributed by atoms with van der Waals surface area (Å²) in [6.07, 6.45) is 2.12. The Morgan fingerprint density at radius 1 is 1.16 bits per heavy atom. The molecule has 25 heavy (non-hydrogen) atoms. The van der Waals surface area contributed by atoms with Crippen LogP contribution in [0.4, 0.5) is 11.5 Å². The van der Waals surface area contributed by atoms with E-state index < -0.39 is 0 Å². The molecule has 2 N–H and O–H groups in total. The molecule has 2 aromatic rings. The van der Waals surface area contributed by atoms with Crippen LogP contribution >= 0.6 is 0 Å². The molecule has 134 valence electrons. The predicted molar refractivity (Wildman–Crippen MR) is 97.7 cm³/mol. The maximum absolute atomic E-state index is 12.6. The Morgan fingerprint density at radius 3 is 2.64 bits per heavy atom. The van der Waals surface area contributed by atoms with E-state index in [1.165, 1.54) is 7.11 Å². The number of rotatable bonds is 8. The van der Waals surface area contributed by atoms with Crippen molar-refractivity contribution in [3.8, 4) is 11.5 Å². The number of ether oxygens (including phenoxy) is 2. The van der Waals surface area contributed by atoms with E-state index in [0.717, 1.165) is 19.4 Å². The number of methoxy groups -OCH3 is 2. The Balaban J connectivity index is 2.17. The summed E-state index contributed by atoms with van der Waals surface area (Å²) in [6, 6.07) is 6.83. The third kappa shape index (κ3) is 5.07. The van der Waals surface area contributed by atoms with E-state index in [9.17, 15) is 4.79 Å². The van der Waals surface area contributed by atoms with Crippen LogP contribution in [0.5, 0.6) is 11.5 Å². The summed E-state index contributed by atoms with van der Waals surface area (Å²) in [6.45, 7) is 4.68. The number of unbranched alkanes of at least 4 members (excludes halogenated alkanes) is 1. The van der Waals surface area contributed by atoms with Crippen LogP contribution < -0.4 is 20.1 Å². The third-order valence-electron chi connectivity index (χ3n) is 3.56. The van der Waals surface area contributed by atoms with Gasteiger partial charge in [0.05, 0.1) is 19.9 Å². The molecule has 2 rings (SSSR count). The number of carbonyl (C=O) groups excluding carboxylic acids is 1. The van der Waals surface area contributed by atoms with Gasteiger partial charge in [-0.1, -0.05) is 13.3 Å². The second-order valence-electron chi connectivity index (χ2n) is 5.49. The first-order valence-electron chi connectivity index (χ1n) is 8.20. The first kappa shape index (κ1) is 18.5. The molecule has 0 aliphatic heterocycles. The van der Waals surface area contributed by atoms with Gasteiger partial charge in [0.2, 0.25) is 0 Å². The number of amides is 1. The molecule has 7 nitrogen and oxygen atoms in total. The highest BCUT2D eigenvalue weighted by Crippen LogP contribution is 2.29. The Hall–Kier alpha value is -2.83. The van der Waals surface area contributed by atoms with E-state index in [-0.39, 0.29) is 5.91 Å². The number of nitrogens with zero attached hydrogens (tertiary/aromatic N) is 2. The van der Waals surface area contributed by atoms with E-state index in [0.29, 0.717) is 34.5 Å². The summed E-state index contributed by atoms with van der Waals surface area (Å²) < 4.78 is 10.5. The first-order chi connectivity index (χ1) is 12.1. The number of aryl methyl sites for hydroxylation is 1. The van der Waals surface area contributed by atoms with Crippen molar-refractivity contribution in [2.24, 2.45) is 0 Å². The summed E-state index contributed by atoms with van der Waals surface area (Å²) in [7, 11) is 3.11. The molecule has 1 heterocycles. The molecular weight excluding hydrogens is 320 g/mol. The lowest BCUT2D eigenvalue weighted by molar-refractivity contribution is 0.102. The average molecular weight is 344 g/mol. The molecule has 0 unspecified atom stereocenters. The fraction of sp³-hybridized carbons (Fsp3) is 0.389. The van der Waals surface area contributed by atoms with Crippen molar-refractivity contribution in [2.45, 2.75) is 26.7 Å². The van der Waals surface area contributed by atoms with Crippen LogP contribution in [0.2, 0.25) is 0 Å². The van der Waals surface area contributed by atoms with Crippen LogP contribution in [0.3, 0.4) is 0 Å². The molecule has 1 aromatic carbocycles. The standard InChI is InChI=1S/C18H24N4O3/c1-5-6-9-19-17-11-15(20-12(2)21-17)18(23)22-14-8-7-13(24-3)10-16(14)25-4/h7-8,10-11H,5-6,9H2,1-4H3,(H,22,23)(H,19,20,21). The maximum Gasteiger partial charge on any atom is 0.274 e. The zero-order valence-electron chi connectivity index (χ0n) is 15.0. The monoisotopic (exact) mass is 344 g/mol. The van der Waals surface area contributed by atoms with Crippen LogP contribution in [0.15, 0.2) is 24.3 Å². The predicted octanol–water partition coefficient (Wildman–Crippen LogP) is 3.27. The second-order valence-corrected chi connectivity index (χ2v) is 5.49. The normalized spacial score (nSPS) is 10.2. The minimum absolute atomic E-state index is 0.296.